The van der Waals surface area contributed by atoms with Gasteiger partial charge in [-0.3, -0.25) is 9.59 Å². The van der Waals surface area contributed by atoms with Crippen molar-refractivity contribution in [1.29, 1.82) is 0 Å². The molecule has 1 N–H and O–H groups in total. The lowest BCUT2D eigenvalue weighted by Crippen LogP contribution is -2.12. The fourth-order valence-corrected chi connectivity index (χ4v) is 3.25. The number of carbonyl (C=O) groups excluding carboxylic acids is 2. The first kappa shape index (κ1) is 17.0. The van der Waals surface area contributed by atoms with Crippen LogP contribution in [0.3, 0.4) is 0 Å². The summed E-state index contributed by atoms with van der Waals surface area (Å²) in [4.78, 5) is 27.9. The van der Waals surface area contributed by atoms with Crippen LogP contribution in [0.25, 0.3) is 10.6 Å². The minimum Gasteiger partial charge on any atom is -0.326 e. The highest BCUT2D eigenvalue weighted by molar-refractivity contribution is 7.13. The van der Waals surface area contributed by atoms with Gasteiger partial charge in [0.05, 0.1) is 5.69 Å². The van der Waals surface area contributed by atoms with E-state index >= 15 is 0 Å². The quantitative estimate of drug-likeness (QED) is 0.662. The maximum absolute atomic E-state index is 12.1. The Balaban J connectivity index is 1.54. The summed E-state index contributed by atoms with van der Waals surface area (Å²) in [5, 5.41) is 5.81. The number of ketones is 1. The molecule has 0 fully saturated rings. The highest BCUT2D eigenvalue weighted by atomic mass is 32.1. The zero-order valence-corrected chi connectivity index (χ0v) is 14.7. The van der Waals surface area contributed by atoms with Gasteiger partial charge in [0.1, 0.15) is 5.01 Å². The Hall–Kier alpha value is -2.79. The molecule has 126 valence electrons. The number of anilines is 1. The number of hydrogen-bond donors (Lipinski definition) is 1. The van der Waals surface area contributed by atoms with Crippen LogP contribution in [-0.4, -0.2) is 16.7 Å². The van der Waals surface area contributed by atoms with Gasteiger partial charge in [-0.05, 0) is 37.6 Å². The molecule has 1 amide bonds. The molecule has 0 atom stereocenters. The van der Waals surface area contributed by atoms with E-state index in [4.69, 9.17) is 0 Å². The second-order valence-electron chi connectivity index (χ2n) is 5.69. The summed E-state index contributed by atoms with van der Waals surface area (Å²) >= 11 is 1.59. The Labute approximate surface area is 150 Å². The van der Waals surface area contributed by atoms with E-state index in [0.717, 1.165) is 16.3 Å². The van der Waals surface area contributed by atoms with E-state index in [1.54, 1.807) is 35.6 Å². The number of amides is 1. The molecule has 1 aromatic heterocycles. The molecule has 3 aromatic rings. The molecule has 0 saturated carbocycles. The molecule has 5 heteroatoms. The largest absolute Gasteiger partial charge is 0.326 e. The standard InChI is InChI=1S/C20H18N2O2S/c1-14(23)15-7-9-17(10-8-15)21-19(24)12-11-18-13-25-20(22-18)16-5-3-2-4-6-16/h2-10,13H,11-12H2,1H3,(H,21,24). The van der Waals surface area contributed by atoms with Crippen molar-refractivity contribution in [2.75, 3.05) is 5.32 Å². The van der Waals surface area contributed by atoms with Crippen molar-refractivity contribution in [2.45, 2.75) is 19.8 Å². The predicted molar refractivity (Wildman–Crippen MR) is 101 cm³/mol. The minimum absolute atomic E-state index is 0.00984. The van der Waals surface area contributed by atoms with Crippen molar-refractivity contribution in [3.63, 3.8) is 0 Å². The van der Waals surface area contributed by atoms with E-state index in [1.165, 1.54) is 6.92 Å². The number of thiazole rings is 1. The van der Waals surface area contributed by atoms with Crippen molar-refractivity contribution in [2.24, 2.45) is 0 Å². The van der Waals surface area contributed by atoms with Crippen LogP contribution < -0.4 is 5.32 Å². The maximum Gasteiger partial charge on any atom is 0.224 e. The maximum atomic E-state index is 12.1. The van der Waals surface area contributed by atoms with Crippen LogP contribution in [0.15, 0.2) is 60.0 Å². The summed E-state index contributed by atoms with van der Waals surface area (Å²) in [5.41, 5.74) is 3.34. The van der Waals surface area contributed by atoms with Crippen LogP contribution >= 0.6 is 11.3 Å². The van der Waals surface area contributed by atoms with Crippen molar-refractivity contribution in [3.8, 4) is 10.6 Å². The molecule has 0 spiro atoms. The fraction of sp³-hybridized carbons (Fsp3) is 0.150. The predicted octanol–water partition coefficient (Wildman–Crippen LogP) is 4.58. The Morgan fingerprint density at radius 3 is 2.44 bits per heavy atom. The Morgan fingerprint density at radius 1 is 1.04 bits per heavy atom. The lowest BCUT2D eigenvalue weighted by atomic mass is 10.1. The van der Waals surface area contributed by atoms with Crippen molar-refractivity contribution in [3.05, 3.63) is 71.2 Å². The lowest BCUT2D eigenvalue weighted by molar-refractivity contribution is -0.116. The normalized spacial score (nSPS) is 10.4. The van der Waals surface area contributed by atoms with E-state index in [2.05, 4.69) is 10.3 Å². The lowest BCUT2D eigenvalue weighted by Gasteiger charge is -2.05. The van der Waals surface area contributed by atoms with E-state index in [0.29, 0.717) is 24.1 Å². The SMILES string of the molecule is CC(=O)c1ccc(NC(=O)CCc2csc(-c3ccccc3)n2)cc1. The smallest absolute Gasteiger partial charge is 0.224 e. The van der Waals surface area contributed by atoms with Gasteiger partial charge in [0.2, 0.25) is 5.91 Å². The van der Waals surface area contributed by atoms with Gasteiger partial charge >= 0.3 is 0 Å². The van der Waals surface area contributed by atoms with Gasteiger partial charge in [-0.25, -0.2) is 4.98 Å². The topological polar surface area (TPSA) is 59.1 Å². The molecule has 0 aliphatic carbocycles. The fourth-order valence-electron chi connectivity index (χ4n) is 2.39. The summed E-state index contributed by atoms with van der Waals surface area (Å²) in [6, 6.07) is 16.9. The van der Waals surface area contributed by atoms with Crippen LogP contribution in [-0.2, 0) is 11.2 Å². The minimum atomic E-state index is -0.0650. The first-order valence-electron chi connectivity index (χ1n) is 8.02. The molecule has 0 radical (unpaired) electrons. The molecule has 25 heavy (non-hydrogen) atoms. The zero-order chi connectivity index (χ0) is 17.6. The highest BCUT2D eigenvalue weighted by Crippen LogP contribution is 2.23. The third-order valence-corrected chi connectivity index (χ3v) is 4.70. The van der Waals surface area contributed by atoms with Crippen molar-refractivity contribution < 1.29 is 9.59 Å². The molecular formula is C20H18N2O2S. The summed E-state index contributed by atoms with van der Waals surface area (Å²) in [6.45, 7) is 1.52. The number of Topliss-reactive ketones (excluding diaryl/α,β-unsaturated/α-hetero) is 1. The average molecular weight is 350 g/mol. The number of rotatable bonds is 6. The van der Waals surface area contributed by atoms with Gasteiger partial charge < -0.3 is 5.32 Å². The second-order valence-corrected chi connectivity index (χ2v) is 6.55. The summed E-state index contributed by atoms with van der Waals surface area (Å²) in [6.07, 6.45) is 0.965. The number of aromatic nitrogens is 1. The van der Waals surface area contributed by atoms with E-state index in [9.17, 15) is 9.59 Å². The number of nitrogens with one attached hydrogen (secondary N) is 1. The van der Waals surface area contributed by atoms with Gasteiger partial charge in [-0.15, -0.1) is 11.3 Å². The van der Waals surface area contributed by atoms with Crippen LogP contribution in [0.1, 0.15) is 29.4 Å². The van der Waals surface area contributed by atoms with E-state index in [-0.39, 0.29) is 11.7 Å². The number of carbonyl (C=O) groups is 2. The van der Waals surface area contributed by atoms with Gasteiger partial charge in [0.15, 0.2) is 5.78 Å². The van der Waals surface area contributed by atoms with Gasteiger partial charge in [0.25, 0.3) is 0 Å². The third-order valence-electron chi connectivity index (χ3n) is 3.76. The molecular weight excluding hydrogens is 332 g/mol. The first-order valence-corrected chi connectivity index (χ1v) is 8.90. The number of aryl methyl sites for hydroxylation is 1. The monoisotopic (exact) mass is 350 g/mol. The molecule has 0 aliphatic rings. The molecule has 0 bridgehead atoms. The van der Waals surface area contributed by atoms with Crippen molar-refractivity contribution >= 4 is 28.7 Å². The molecule has 0 saturated heterocycles. The molecule has 3 rings (SSSR count). The number of benzene rings is 2. The third kappa shape index (κ3) is 4.61. The summed E-state index contributed by atoms with van der Waals surface area (Å²) in [7, 11) is 0. The Morgan fingerprint density at radius 2 is 1.76 bits per heavy atom. The summed E-state index contributed by atoms with van der Waals surface area (Å²) in [5.74, 6) is -0.0551. The average Bonchev–Trinajstić information content (AvgIpc) is 3.10. The van der Waals surface area contributed by atoms with Crippen LogP contribution in [0.4, 0.5) is 5.69 Å². The van der Waals surface area contributed by atoms with Gasteiger partial charge in [-0.2, -0.15) is 0 Å². The molecule has 1 heterocycles. The van der Waals surface area contributed by atoms with Crippen molar-refractivity contribution in [1.82, 2.24) is 4.98 Å². The van der Waals surface area contributed by atoms with Crippen LogP contribution in [0, 0.1) is 0 Å². The second kappa shape index (κ2) is 7.85. The number of hydrogen-bond acceptors (Lipinski definition) is 4. The van der Waals surface area contributed by atoms with Crippen LogP contribution in [0.5, 0.6) is 0 Å². The van der Waals surface area contributed by atoms with E-state index < -0.39 is 0 Å². The van der Waals surface area contributed by atoms with E-state index in [1.807, 2.05) is 35.7 Å². The first-order chi connectivity index (χ1) is 12.1. The Kier molecular flexibility index (Phi) is 5.36. The molecule has 0 aliphatic heterocycles. The Bertz CT molecular complexity index is 870. The van der Waals surface area contributed by atoms with Gasteiger partial charge in [-0.1, -0.05) is 30.3 Å². The molecule has 2 aromatic carbocycles. The molecule has 0 unspecified atom stereocenters. The highest BCUT2D eigenvalue weighted by Gasteiger charge is 2.08. The molecule has 4 nitrogen and oxygen atoms in total. The number of nitrogens with zero attached hydrogens (tertiary/aromatic N) is 1. The van der Waals surface area contributed by atoms with Crippen LogP contribution in [0.2, 0.25) is 0 Å². The summed E-state index contributed by atoms with van der Waals surface area (Å²) < 4.78 is 0. The van der Waals surface area contributed by atoms with Gasteiger partial charge in [0, 0.05) is 28.6 Å². The zero-order valence-electron chi connectivity index (χ0n) is 13.9.